The Morgan fingerprint density at radius 3 is 2.87 bits per heavy atom. The summed E-state index contributed by atoms with van der Waals surface area (Å²) in [6, 6.07) is 11.1. The summed E-state index contributed by atoms with van der Waals surface area (Å²) in [4.78, 5) is 9.14. The molecule has 2 aromatic rings. The van der Waals surface area contributed by atoms with Gasteiger partial charge < -0.3 is 15.2 Å². The van der Waals surface area contributed by atoms with Crippen LogP contribution in [-0.2, 0) is 13.0 Å². The summed E-state index contributed by atoms with van der Waals surface area (Å²) in [5.74, 6) is 2.01. The second-order valence-corrected chi connectivity index (χ2v) is 5.89. The Hall–Kier alpha value is -2.30. The number of aromatic nitrogens is 2. The zero-order chi connectivity index (χ0) is 15.9. The molecule has 1 aromatic carbocycles. The molecule has 5 heteroatoms. The van der Waals surface area contributed by atoms with Gasteiger partial charge in [-0.2, -0.15) is 0 Å². The highest BCUT2D eigenvalue weighted by molar-refractivity contribution is 5.80. The molecule has 0 atom stereocenters. The number of nitrogens with one attached hydrogen (secondary N) is 2. The first-order valence-electron chi connectivity index (χ1n) is 8.44. The quantitative estimate of drug-likeness (QED) is 0.609. The lowest BCUT2D eigenvalue weighted by molar-refractivity contribution is 0.712. The van der Waals surface area contributed by atoms with Crippen molar-refractivity contribution in [1.82, 2.24) is 20.2 Å². The predicted molar refractivity (Wildman–Crippen MR) is 93.6 cm³/mol. The Morgan fingerprint density at radius 1 is 1.30 bits per heavy atom. The number of hydrogen-bond acceptors (Lipinski definition) is 2. The molecule has 3 rings (SSSR count). The van der Waals surface area contributed by atoms with Crippen molar-refractivity contribution in [1.29, 1.82) is 0 Å². The third-order valence-corrected chi connectivity index (χ3v) is 3.87. The van der Waals surface area contributed by atoms with Gasteiger partial charge in [0.2, 0.25) is 0 Å². The molecule has 1 aliphatic rings. The molecule has 0 bridgehead atoms. The van der Waals surface area contributed by atoms with Crippen LogP contribution in [-0.4, -0.2) is 34.6 Å². The maximum atomic E-state index is 4.66. The molecule has 0 aliphatic heterocycles. The monoisotopic (exact) mass is 311 g/mol. The van der Waals surface area contributed by atoms with Crippen molar-refractivity contribution in [2.24, 2.45) is 4.99 Å². The third-order valence-electron chi connectivity index (χ3n) is 3.87. The van der Waals surface area contributed by atoms with Crippen molar-refractivity contribution in [3.05, 3.63) is 54.1 Å². The highest BCUT2D eigenvalue weighted by Crippen LogP contribution is 2.18. The molecule has 0 unspecified atom stereocenters. The molecule has 0 saturated heterocycles. The van der Waals surface area contributed by atoms with Crippen LogP contribution in [0.15, 0.2) is 47.7 Å². The van der Waals surface area contributed by atoms with Crippen LogP contribution in [0.2, 0.25) is 0 Å². The van der Waals surface area contributed by atoms with E-state index in [2.05, 4.69) is 56.4 Å². The summed E-state index contributed by atoms with van der Waals surface area (Å²) in [5, 5.41) is 6.74. The van der Waals surface area contributed by atoms with E-state index in [1.54, 1.807) is 0 Å². The number of benzene rings is 1. The summed E-state index contributed by atoms with van der Waals surface area (Å²) in [5.41, 5.74) is 1.29. The van der Waals surface area contributed by atoms with E-state index < -0.39 is 0 Å². The molecule has 2 N–H and O–H groups in total. The number of guanidine groups is 1. The smallest absolute Gasteiger partial charge is 0.191 e. The van der Waals surface area contributed by atoms with Crippen LogP contribution < -0.4 is 10.6 Å². The Kier molecular flexibility index (Phi) is 5.29. The zero-order valence-corrected chi connectivity index (χ0v) is 13.7. The molecular weight excluding hydrogens is 286 g/mol. The van der Waals surface area contributed by atoms with Crippen molar-refractivity contribution in [3.8, 4) is 0 Å². The van der Waals surface area contributed by atoms with Crippen molar-refractivity contribution in [2.45, 2.75) is 38.8 Å². The number of rotatable bonds is 7. The van der Waals surface area contributed by atoms with E-state index in [9.17, 15) is 0 Å². The van der Waals surface area contributed by atoms with Crippen LogP contribution in [0.5, 0.6) is 0 Å². The van der Waals surface area contributed by atoms with Crippen LogP contribution in [0.3, 0.4) is 0 Å². The molecule has 1 aliphatic carbocycles. The van der Waals surface area contributed by atoms with Gasteiger partial charge in [0.05, 0.1) is 0 Å². The van der Waals surface area contributed by atoms with Gasteiger partial charge in [-0.05, 0) is 25.3 Å². The average molecular weight is 311 g/mol. The fourth-order valence-corrected chi connectivity index (χ4v) is 2.50. The molecule has 5 nitrogen and oxygen atoms in total. The number of imidazole rings is 1. The van der Waals surface area contributed by atoms with Gasteiger partial charge in [-0.3, -0.25) is 4.99 Å². The average Bonchev–Trinajstić information content (AvgIpc) is 3.28. The maximum absolute atomic E-state index is 4.66. The van der Waals surface area contributed by atoms with Gasteiger partial charge in [0.15, 0.2) is 5.96 Å². The SMILES string of the molecule is CCNC(=NCCc1nccn1Cc1ccccc1)NC1CC1. The largest absolute Gasteiger partial charge is 0.357 e. The first-order chi connectivity index (χ1) is 11.3. The molecule has 1 fully saturated rings. The lowest BCUT2D eigenvalue weighted by Crippen LogP contribution is -2.38. The summed E-state index contributed by atoms with van der Waals surface area (Å²) >= 11 is 0. The van der Waals surface area contributed by atoms with Crippen molar-refractivity contribution >= 4 is 5.96 Å². The number of aliphatic imine (C=N–C) groups is 1. The summed E-state index contributed by atoms with van der Waals surface area (Å²) < 4.78 is 2.20. The minimum atomic E-state index is 0.618. The van der Waals surface area contributed by atoms with E-state index in [1.807, 2.05) is 18.5 Å². The maximum Gasteiger partial charge on any atom is 0.191 e. The van der Waals surface area contributed by atoms with Crippen LogP contribution in [0.1, 0.15) is 31.2 Å². The van der Waals surface area contributed by atoms with Gasteiger partial charge in [0.25, 0.3) is 0 Å². The van der Waals surface area contributed by atoms with E-state index >= 15 is 0 Å². The van der Waals surface area contributed by atoms with Crippen LogP contribution in [0.25, 0.3) is 0 Å². The van der Waals surface area contributed by atoms with E-state index in [-0.39, 0.29) is 0 Å². The standard InChI is InChI=1S/C18H25N5/c1-2-19-18(22-16-8-9-16)21-11-10-17-20-12-13-23(17)14-15-6-4-3-5-7-15/h3-7,12-13,16H,2,8-11,14H2,1H3,(H2,19,21,22). The highest BCUT2D eigenvalue weighted by atomic mass is 15.2. The number of nitrogens with zero attached hydrogens (tertiary/aromatic N) is 3. The van der Waals surface area contributed by atoms with Gasteiger partial charge >= 0.3 is 0 Å². The Labute approximate surface area is 137 Å². The van der Waals surface area contributed by atoms with Crippen LogP contribution in [0.4, 0.5) is 0 Å². The van der Waals surface area contributed by atoms with Crippen molar-refractivity contribution in [3.63, 3.8) is 0 Å². The fourth-order valence-electron chi connectivity index (χ4n) is 2.50. The molecule has 122 valence electrons. The Morgan fingerprint density at radius 2 is 2.13 bits per heavy atom. The van der Waals surface area contributed by atoms with E-state index in [0.29, 0.717) is 6.04 Å². The van der Waals surface area contributed by atoms with E-state index in [4.69, 9.17) is 0 Å². The molecule has 1 aromatic heterocycles. The Bertz CT molecular complexity index is 628. The molecule has 23 heavy (non-hydrogen) atoms. The molecule has 0 spiro atoms. The van der Waals surface area contributed by atoms with Crippen LogP contribution >= 0.6 is 0 Å². The van der Waals surface area contributed by atoms with Gasteiger partial charge in [0.1, 0.15) is 5.82 Å². The lowest BCUT2D eigenvalue weighted by Gasteiger charge is -2.10. The molecule has 0 radical (unpaired) electrons. The fraction of sp³-hybridized carbons (Fsp3) is 0.444. The summed E-state index contributed by atoms with van der Waals surface area (Å²) in [6.07, 6.45) is 7.27. The zero-order valence-electron chi connectivity index (χ0n) is 13.7. The summed E-state index contributed by atoms with van der Waals surface area (Å²) in [7, 11) is 0. The number of hydrogen-bond donors (Lipinski definition) is 2. The van der Waals surface area contributed by atoms with Gasteiger partial charge in [-0.15, -0.1) is 0 Å². The third kappa shape index (κ3) is 4.84. The Balaban J connectivity index is 1.56. The van der Waals surface area contributed by atoms with E-state index in [0.717, 1.165) is 37.8 Å². The second kappa shape index (κ2) is 7.81. The van der Waals surface area contributed by atoms with Crippen molar-refractivity contribution < 1.29 is 0 Å². The molecular formula is C18H25N5. The minimum absolute atomic E-state index is 0.618. The van der Waals surface area contributed by atoms with Crippen molar-refractivity contribution in [2.75, 3.05) is 13.1 Å². The first-order valence-corrected chi connectivity index (χ1v) is 8.44. The minimum Gasteiger partial charge on any atom is -0.357 e. The van der Waals surface area contributed by atoms with Gasteiger partial charge in [-0.25, -0.2) is 4.98 Å². The predicted octanol–water partition coefficient (Wildman–Crippen LogP) is 2.19. The van der Waals surface area contributed by atoms with Crippen LogP contribution in [0, 0.1) is 0 Å². The second-order valence-electron chi connectivity index (χ2n) is 5.89. The first kappa shape index (κ1) is 15.6. The molecule has 0 amide bonds. The summed E-state index contributed by atoms with van der Waals surface area (Å²) in [6.45, 7) is 4.59. The highest BCUT2D eigenvalue weighted by Gasteiger charge is 2.21. The topological polar surface area (TPSA) is 54.2 Å². The normalized spacial score (nSPS) is 14.7. The van der Waals surface area contributed by atoms with Gasteiger partial charge in [0, 0.05) is 44.5 Å². The lowest BCUT2D eigenvalue weighted by atomic mass is 10.2. The molecule has 1 saturated carbocycles. The molecule has 1 heterocycles. The van der Waals surface area contributed by atoms with E-state index in [1.165, 1.54) is 18.4 Å². The van der Waals surface area contributed by atoms with Gasteiger partial charge in [-0.1, -0.05) is 30.3 Å².